The van der Waals surface area contributed by atoms with Gasteiger partial charge in [-0.25, -0.2) is 9.78 Å². The predicted molar refractivity (Wildman–Crippen MR) is 56.0 cm³/mol. The molecule has 5 nitrogen and oxygen atoms in total. The first-order valence-corrected chi connectivity index (χ1v) is 4.61. The van der Waals surface area contributed by atoms with E-state index in [9.17, 15) is 9.59 Å². The molecule has 3 N–H and O–H groups in total. The summed E-state index contributed by atoms with van der Waals surface area (Å²) in [5.74, 6) is -0.700. The zero-order chi connectivity index (χ0) is 11.6. The van der Waals surface area contributed by atoms with Gasteiger partial charge < -0.3 is 5.73 Å². The van der Waals surface area contributed by atoms with E-state index in [1.54, 1.807) is 6.92 Å². The maximum Gasteiger partial charge on any atom is 0.319 e. The van der Waals surface area contributed by atoms with E-state index in [0.717, 1.165) is 0 Å². The Bertz CT molecular complexity index is 411. The zero-order valence-corrected chi connectivity index (χ0v) is 9.19. The van der Waals surface area contributed by atoms with Crippen molar-refractivity contribution in [2.24, 2.45) is 5.73 Å². The number of aryl methyl sites for hydroxylation is 1. The molecule has 0 aliphatic rings. The van der Waals surface area contributed by atoms with Crippen LogP contribution in [0.15, 0.2) is 6.07 Å². The highest BCUT2D eigenvalue weighted by atomic mass is 35.5. The van der Waals surface area contributed by atoms with Gasteiger partial charge in [0.05, 0.1) is 5.56 Å². The molecular formula is C8H7Cl2N3O2. The van der Waals surface area contributed by atoms with Crippen LogP contribution in [0.4, 0.5) is 4.79 Å². The molecule has 0 atom stereocenters. The van der Waals surface area contributed by atoms with E-state index >= 15 is 0 Å². The minimum Gasteiger partial charge on any atom is -0.351 e. The van der Waals surface area contributed by atoms with E-state index in [1.165, 1.54) is 6.07 Å². The number of imide groups is 1. The molecule has 0 saturated carbocycles. The van der Waals surface area contributed by atoms with Crippen LogP contribution in [-0.2, 0) is 0 Å². The third-order valence-corrected chi connectivity index (χ3v) is 2.07. The van der Waals surface area contributed by atoms with Crippen molar-refractivity contribution in [3.05, 3.63) is 27.5 Å². The molecule has 1 aromatic rings. The second kappa shape index (κ2) is 4.46. The molecule has 3 amide bonds. The summed E-state index contributed by atoms with van der Waals surface area (Å²) in [6.07, 6.45) is 0. The third-order valence-electron chi connectivity index (χ3n) is 1.61. The molecule has 0 fully saturated rings. The number of aromatic nitrogens is 1. The summed E-state index contributed by atoms with van der Waals surface area (Å²) in [6, 6.07) is 0.508. The Kier molecular flexibility index (Phi) is 3.49. The summed E-state index contributed by atoms with van der Waals surface area (Å²) < 4.78 is 0. The number of carbonyl (C=O) groups excluding carboxylic acids is 2. The van der Waals surface area contributed by atoms with Crippen LogP contribution >= 0.6 is 23.2 Å². The molecule has 0 aromatic carbocycles. The smallest absolute Gasteiger partial charge is 0.319 e. The number of hydrogen-bond donors (Lipinski definition) is 2. The van der Waals surface area contributed by atoms with Crippen LogP contribution in [0.3, 0.4) is 0 Å². The van der Waals surface area contributed by atoms with E-state index in [-0.39, 0.29) is 15.9 Å². The average molecular weight is 248 g/mol. The van der Waals surface area contributed by atoms with E-state index in [1.807, 2.05) is 5.32 Å². The molecule has 1 heterocycles. The van der Waals surface area contributed by atoms with Crippen molar-refractivity contribution in [1.82, 2.24) is 10.3 Å². The highest BCUT2D eigenvalue weighted by Crippen LogP contribution is 2.20. The number of nitrogens with one attached hydrogen (secondary N) is 1. The SMILES string of the molecule is Cc1cc(Cl)nc(Cl)c1C(=O)NC(N)=O. The maximum atomic E-state index is 11.4. The van der Waals surface area contributed by atoms with Crippen LogP contribution in [0.5, 0.6) is 0 Å². The molecule has 7 heteroatoms. The Hall–Kier alpha value is -1.33. The highest BCUT2D eigenvalue weighted by molar-refractivity contribution is 6.35. The zero-order valence-electron chi connectivity index (χ0n) is 7.67. The summed E-state index contributed by atoms with van der Waals surface area (Å²) in [7, 11) is 0. The molecule has 80 valence electrons. The Morgan fingerprint density at radius 3 is 2.53 bits per heavy atom. The van der Waals surface area contributed by atoms with Crippen molar-refractivity contribution in [3.8, 4) is 0 Å². The molecule has 0 unspecified atom stereocenters. The van der Waals surface area contributed by atoms with Gasteiger partial charge in [0.15, 0.2) is 0 Å². The third kappa shape index (κ3) is 2.81. The average Bonchev–Trinajstić information content (AvgIpc) is 1.99. The van der Waals surface area contributed by atoms with Gasteiger partial charge in [-0.2, -0.15) is 0 Å². The minimum absolute atomic E-state index is 0.0706. The van der Waals surface area contributed by atoms with E-state index < -0.39 is 11.9 Å². The van der Waals surface area contributed by atoms with Gasteiger partial charge >= 0.3 is 6.03 Å². The van der Waals surface area contributed by atoms with Crippen LogP contribution in [0.2, 0.25) is 10.3 Å². The molecule has 0 radical (unpaired) electrons. The fourth-order valence-electron chi connectivity index (χ4n) is 1.04. The lowest BCUT2D eigenvalue weighted by Gasteiger charge is -2.06. The number of nitrogens with zero attached hydrogens (tertiary/aromatic N) is 1. The van der Waals surface area contributed by atoms with Crippen LogP contribution in [0.25, 0.3) is 0 Å². The minimum atomic E-state index is -0.953. The Morgan fingerprint density at radius 2 is 2.07 bits per heavy atom. The number of amides is 3. The van der Waals surface area contributed by atoms with Crippen LogP contribution in [0.1, 0.15) is 15.9 Å². The maximum absolute atomic E-state index is 11.4. The Labute approximate surface area is 95.6 Å². The van der Waals surface area contributed by atoms with Crippen molar-refractivity contribution in [2.45, 2.75) is 6.92 Å². The largest absolute Gasteiger partial charge is 0.351 e. The topological polar surface area (TPSA) is 85.1 Å². The van der Waals surface area contributed by atoms with Crippen molar-refractivity contribution in [1.29, 1.82) is 0 Å². The number of pyridine rings is 1. The Morgan fingerprint density at radius 1 is 1.47 bits per heavy atom. The highest BCUT2D eigenvalue weighted by Gasteiger charge is 2.16. The van der Waals surface area contributed by atoms with Gasteiger partial charge in [-0.3, -0.25) is 10.1 Å². The summed E-state index contributed by atoms with van der Waals surface area (Å²) in [6.45, 7) is 1.62. The number of halogens is 2. The molecule has 0 aliphatic carbocycles. The first-order chi connectivity index (χ1) is 6.91. The van der Waals surface area contributed by atoms with Crippen LogP contribution in [0, 0.1) is 6.92 Å². The molecule has 15 heavy (non-hydrogen) atoms. The van der Waals surface area contributed by atoms with Gasteiger partial charge in [0.1, 0.15) is 10.3 Å². The first-order valence-electron chi connectivity index (χ1n) is 3.85. The number of carbonyl (C=O) groups is 2. The van der Waals surface area contributed by atoms with Gasteiger partial charge in [-0.15, -0.1) is 0 Å². The molecule has 0 saturated heterocycles. The fourth-order valence-corrected chi connectivity index (χ4v) is 1.66. The second-order valence-corrected chi connectivity index (χ2v) is 3.49. The Balaban J connectivity index is 3.14. The van der Waals surface area contributed by atoms with Crippen molar-refractivity contribution in [2.75, 3.05) is 0 Å². The van der Waals surface area contributed by atoms with E-state index in [2.05, 4.69) is 4.98 Å². The molecule has 0 aliphatic heterocycles. The molecule has 0 bridgehead atoms. The number of nitrogens with two attached hydrogens (primary N) is 1. The van der Waals surface area contributed by atoms with Gasteiger partial charge in [0.2, 0.25) is 0 Å². The summed E-state index contributed by atoms with van der Waals surface area (Å²) >= 11 is 11.3. The lowest BCUT2D eigenvalue weighted by molar-refractivity contribution is 0.0965. The summed E-state index contributed by atoms with van der Waals surface area (Å²) in [5.41, 5.74) is 5.40. The summed E-state index contributed by atoms with van der Waals surface area (Å²) in [5, 5.41) is 2.00. The van der Waals surface area contributed by atoms with E-state index in [4.69, 9.17) is 28.9 Å². The van der Waals surface area contributed by atoms with E-state index in [0.29, 0.717) is 5.56 Å². The van der Waals surface area contributed by atoms with Gasteiger partial charge in [0, 0.05) is 0 Å². The molecule has 1 aromatic heterocycles. The fraction of sp³-hybridized carbons (Fsp3) is 0.125. The summed E-state index contributed by atoms with van der Waals surface area (Å²) in [4.78, 5) is 25.6. The van der Waals surface area contributed by atoms with Crippen molar-refractivity contribution < 1.29 is 9.59 Å². The predicted octanol–water partition coefficient (Wildman–Crippen LogP) is 1.51. The first kappa shape index (κ1) is 11.7. The van der Waals surface area contributed by atoms with Crippen LogP contribution in [-0.4, -0.2) is 16.9 Å². The quantitative estimate of drug-likeness (QED) is 0.738. The number of primary amides is 1. The van der Waals surface area contributed by atoms with Crippen LogP contribution < -0.4 is 11.1 Å². The normalized spacial score (nSPS) is 9.80. The molecule has 0 spiro atoms. The van der Waals surface area contributed by atoms with Crippen molar-refractivity contribution in [3.63, 3.8) is 0 Å². The van der Waals surface area contributed by atoms with Crippen molar-refractivity contribution >= 4 is 35.1 Å². The van der Waals surface area contributed by atoms with Gasteiger partial charge in [0.25, 0.3) is 5.91 Å². The molecule has 1 rings (SSSR count). The monoisotopic (exact) mass is 247 g/mol. The lowest BCUT2D eigenvalue weighted by atomic mass is 10.1. The standard InChI is InChI=1S/C8H7Cl2N3O2/c1-3-2-4(9)12-6(10)5(3)7(14)13-8(11)15/h2H,1H3,(H3,11,13,14,15). The van der Waals surface area contributed by atoms with Gasteiger partial charge in [-0.1, -0.05) is 23.2 Å². The van der Waals surface area contributed by atoms with Gasteiger partial charge in [-0.05, 0) is 18.6 Å². The molecular weight excluding hydrogens is 241 g/mol. The second-order valence-electron chi connectivity index (χ2n) is 2.75. The number of hydrogen-bond acceptors (Lipinski definition) is 3. The number of urea groups is 1. The number of rotatable bonds is 1. The lowest BCUT2D eigenvalue weighted by Crippen LogP contribution is -2.35.